The zero-order valence-electron chi connectivity index (χ0n) is 9.93. The number of likely N-dealkylation sites (N-methyl/N-ethyl adjacent to an activating group) is 1. The molecule has 94 valence electrons. The molecule has 7 nitrogen and oxygen atoms in total. The Labute approximate surface area is 98.3 Å². The minimum absolute atomic E-state index is 0.115. The van der Waals surface area contributed by atoms with Crippen LogP contribution in [-0.4, -0.2) is 49.2 Å². The smallest absolute Gasteiger partial charge is 0.325 e. The number of aromatic nitrogens is 1. The van der Waals surface area contributed by atoms with E-state index in [-0.39, 0.29) is 24.9 Å². The molecule has 0 bridgehead atoms. The van der Waals surface area contributed by atoms with Crippen molar-refractivity contribution in [3.8, 4) is 5.88 Å². The van der Waals surface area contributed by atoms with Crippen molar-refractivity contribution in [1.29, 1.82) is 0 Å². The van der Waals surface area contributed by atoms with E-state index < -0.39 is 5.97 Å². The van der Waals surface area contributed by atoms with Gasteiger partial charge in [0.2, 0.25) is 0 Å². The first-order valence-electron chi connectivity index (χ1n) is 4.90. The van der Waals surface area contributed by atoms with Crippen LogP contribution in [0.15, 0.2) is 10.6 Å². The van der Waals surface area contributed by atoms with Crippen LogP contribution < -0.4 is 4.74 Å². The predicted octanol–water partition coefficient (Wildman–Crippen LogP) is -0.00678. The molecule has 17 heavy (non-hydrogen) atoms. The van der Waals surface area contributed by atoms with Crippen molar-refractivity contribution in [2.24, 2.45) is 0 Å². The molecule has 0 fully saturated rings. The maximum atomic E-state index is 11.5. The molecular formula is C10H14N2O5. The quantitative estimate of drug-likeness (QED) is 0.675. The molecule has 7 heteroatoms. The molecule has 1 aromatic heterocycles. The molecule has 1 aromatic rings. The zero-order chi connectivity index (χ0) is 12.8. The number of hydrogen-bond acceptors (Lipinski definition) is 6. The lowest BCUT2D eigenvalue weighted by molar-refractivity contribution is -0.146. The van der Waals surface area contributed by atoms with E-state index in [1.807, 2.05) is 0 Å². The van der Waals surface area contributed by atoms with Crippen molar-refractivity contribution in [3.05, 3.63) is 11.8 Å². The summed E-state index contributed by atoms with van der Waals surface area (Å²) in [4.78, 5) is 23.6. The van der Waals surface area contributed by atoms with Gasteiger partial charge in [-0.15, -0.1) is 0 Å². The van der Waals surface area contributed by atoms with Crippen LogP contribution in [0.25, 0.3) is 0 Å². The van der Waals surface area contributed by atoms with Crippen molar-refractivity contribution in [3.63, 3.8) is 0 Å². The number of carbonyl (C=O) groups is 2. The van der Waals surface area contributed by atoms with E-state index in [1.165, 1.54) is 19.1 Å². The minimum atomic E-state index is -0.488. The van der Waals surface area contributed by atoms with Gasteiger partial charge in [-0.05, 0) is 12.1 Å². The van der Waals surface area contributed by atoms with E-state index in [4.69, 9.17) is 9.26 Å². The monoisotopic (exact) mass is 242 g/mol. The highest BCUT2D eigenvalue weighted by atomic mass is 16.5. The maximum Gasteiger partial charge on any atom is 0.325 e. The summed E-state index contributed by atoms with van der Waals surface area (Å²) in [6.45, 7) is 1.39. The van der Waals surface area contributed by atoms with E-state index in [0.717, 1.165) is 0 Å². The minimum Gasteiger partial charge on any atom is -0.468 e. The molecule has 0 radical (unpaired) electrons. The first-order chi connectivity index (χ1) is 8.02. The Morgan fingerprint density at radius 1 is 1.53 bits per heavy atom. The molecule has 0 aliphatic heterocycles. The fraction of sp³-hybridized carbons (Fsp3) is 0.500. The van der Waals surface area contributed by atoms with Crippen LogP contribution >= 0.6 is 0 Å². The fourth-order valence-electron chi connectivity index (χ4n) is 1.00. The second-order valence-electron chi connectivity index (χ2n) is 3.39. The molecule has 0 spiro atoms. The van der Waals surface area contributed by atoms with Crippen molar-refractivity contribution in [2.75, 3.05) is 27.3 Å². The molecule has 1 amide bonds. The summed E-state index contributed by atoms with van der Waals surface area (Å²) in [7, 11) is 2.74. The highest BCUT2D eigenvalue weighted by molar-refractivity contribution is 5.82. The molecule has 0 aliphatic rings. The Balaban J connectivity index is 2.36. The summed E-state index contributed by atoms with van der Waals surface area (Å²) in [5.41, 5.74) is 0. The Kier molecular flexibility index (Phi) is 4.50. The number of amides is 1. The lowest BCUT2D eigenvalue weighted by Crippen LogP contribution is -2.35. The summed E-state index contributed by atoms with van der Waals surface area (Å²) >= 11 is 0. The number of carbonyl (C=O) groups excluding carboxylic acids is 2. The molecular weight excluding hydrogens is 228 g/mol. The largest absolute Gasteiger partial charge is 0.468 e. The summed E-state index contributed by atoms with van der Waals surface area (Å²) < 4.78 is 14.3. The van der Waals surface area contributed by atoms with Crippen LogP contribution in [-0.2, 0) is 14.3 Å². The number of hydrogen-bond donors (Lipinski definition) is 0. The Morgan fingerprint density at radius 3 is 2.76 bits per heavy atom. The van der Waals surface area contributed by atoms with Crippen molar-refractivity contribution in [1.82, 2.24) is 10.1 Å². The highest BCUT2D eigenvalue weighted by Gasteiger charge is 2.14. The highest BCUT2D eigenvalue weighted by Crippen LogP contribution is 2.09. The van der Waals surface area contributed by atoms with Gasteiger partial charge in [-0.1, -0.05) is 0 Å². The molecule has 0 aliphatic carbocycles. The Morgan fingerprint density at radius 2 is 2.24 bits per heavy atom. The molecule has 0 N–H and O–H groups in total. The lowest BCUT2D eigenvalue weighted by atomic mass is 10.5. The van der Waals surface area contributed by atoms with Gasteiger partial charge in [0, 0.05) is 13.1 Å². The number of ether oxygens (including phenoxy) is 2. The topological polar surface area (TPSA) is 81.9 Å². The van der Waals surface area contributed by atoms with Gasteiger partial charge in [0.15, 0.2) is 6.61 Å². The van der Waals surface area contributed by atoms with E-state index >= 15 is 0 Å². The Hall–Kier alpha value is -2.05. The van der Waals surface area contributed by atoms with Gasteiger partial charge in [0.25, 0.3) is 11.8 Å². The van der Waals surface area contributed by atoms with Gasteiger partial charge >= 0.3 is 5.97 Å². The molecule has 1 heterocycles. The summed E-state index contributed by atoms with van der Waals surface area (Å²) in [6.07, 6.45) is 0. The van der Waals surface area contributed by atoms with Crippen molar-refractivity contribution < 1.29 is 23.6 Å². The van der Waals surface area contributed by atoms with Gasteiger partial charge in [-0.3, -0.25) is 9.59 Å². The van der Waals surface area contributed by atoms with Crippen LogP contribution in [0.4, 0.5) is 0 Å². The van der Waals surface area contributed by atoms with Crippen molar-refractivity contribution in [2.45, 2.75) is 6.92 Å². The number of rotatable bonds is 5. The van der Waals surface area contributed by atoms with Crippen molar-refractivity contribution >= 4 is 11.9 Å². The van der Waals surface area contributed by atoms with E-state index in [9.17, 15) is 9.59 Å². The molecule has 1 rings (SSSR count). The summed E-state index contributed by atoms with van der Waals surface area (Å²) in [5.74, 6) is -0.00753. The summed E-state index contributed by atoms with van der Waals surface area (Å²) in [6, 6.07) is 1.56. The third-order valence-electron chi connectivity index (χ3n) is 1.97. The Bertz CT molecular complexity index is 401. The normalized spacial score (nSPS) is 9.82. The van der Waals surface area contributed by atoms with E-state index in [2.05, 4.69) is 9.89 Å². The molecule has 0 aromatic carbocycles. The SMILES string of the molecule is COC(=O)CN(C)C(=O)COc1cc(C)on1. The average Bonchev–Trinajstić information content (AvgIpc) is 2.71. The van der Waals surface area contributed by atoms with Crippen LogP contribution in [0.5, 0.6) is 5.88 Å². The second-order valence-corrected chi connectivity index (χ2v) is 3.39. The molecule has 0 unspecified atom stereocenters. The third-order valence-corrected chi connectivity index (χ3v) is 1.97. The molecule has 0 atom stereocenters. The standard InChI is InChI=1S/C10H14N2O5/c1-7-4-8(11-17-7)16-6-9(13)12(2)5-10(14)15-3/h4H,5-6H2,1-3H3. The molecule has 0 saturated heterocycles. The van der Waals surface area contributed by atoms with Gasteiger partial charge in [-0.2, -0.15) is 0 Å². The van der Waals surface area contributed by atoms with Crippen LogP contribution in [0.1, 0.15) is 5.76 Å². The number of aryl methyl sites for hydroxylation is 1. The molecule has 0 saturated carbocycles. The maximum absolute atomic E-state index is 11.5. The van der Waals surface area contributed by atoms with E-state index in [1.54, 1.807) is 13.0 Å². The van der Waals surface area contributed by atoms with E-state index in [0.29, 0.717) is 5.76 Å². The van der Waals surface area contributed by atoms with Gasteiger partial charge in [0.05, 0.1) is 7.11 Å². The van der Waals surface area contributed by atoms with Gasteiger partial charge in [0.1, 0.15) is 12.3 Å². The zero-order valence-corrected chi connectivity index (χ0v) is 9.93. The number of nitrogens with zero attached hydrogens (tertiary/aromatic N) is 2. The number of esters is 1. The fourth-order valence-corrected chi connectivity index (χ4v) is 1.00. The van der Waals surface area contributed by atoms with Crippen LogP contribution in [0.2, 0.25) is 0 Å². The lowest BCUT2D eigenvalue weighted by Gasteiger charge is -2.14. The average molecular weight is 242 g/mol. The van der Waals surface area contributed by atoms with Gasteiger partial charge < -0.3 is 18.9 Å². The second kappa shape index (κ2) is 5.88. The third kappa shape index (κ3) is 4.13. The number of methoxy groups -OCH3 is 1. The first kappa shape index (κ1) is 13.0. The van der Waals surface area contributed by atoms with Crippen LogP contribution in [0, 0.1) is 6.92 Å². The predicted molar refractivity (Wildman–Crippen MR) is 56.4 cm³/mol. The van der Waals surface area contributed by atoms with Crippen LogP contribution in [0.3, 0.4) is 0 Å². The first-order valence-corrected chi connectivity index (χ1v) is 4.90. The van der Waals surface area contributed by atoms with Gasteiger partial charge in [-0.25, -0.2) is 0 Å². The summed E-state index contributed by atoms with van der Waals surface area (Å²) in [5, 5.41) is 3.56.